The molecule has 0 aliphatic rings. The molecule has 0 aliphatic heterocycles. The molecule has 1 amide bonds. The van der Waals surface area contributed by atoms with Gasteiger partial charge < -0.3 is 15.2 Å². The molecule has 0 saturated heterocycles. The van der Waals surface area contributed by atoms with Crippen molar-refractivity contribution in [3.05, 3.63) is 29.8 Å². The number of nitrogens with one attached hydrogen (secondary N) is 1. The molecule has 5 heteroatoms. The van der Waals surface area contributed by atoms with Gasteiger partial charge in [-0.25, -0.2) is 0 Å². The van der Waals surface area contributed by atoms with E-state index in [0.717, 1.165) is 6.42 Å². The predicted molar refractivity (Wildman–Crippen MR) is 71.4 cm³/mol. The zero-order valence-electron chi connectivity index (χ0n) is 11.2. The van der Waals surface area contributed by atoms with Gasteiger partial charge in [-0.2, -0.15) is 0 Å². The molecule has 0 fully saturated rings. The van der Waals surface area contributed by atoms with Gasteiger partial charge in [-0.1, -0.05) is 19.4 Å². The Balaban J connectivity index is 2.72. The first kappa shape index (κ1) is 15.0. The van der Waals surface area contributed by atoms with Crippen LogP contribution in [0.2, 0.25) is 0 Å². The van der Waals surface area contributed by atoms with Crippen LogP contribution >= 0.6 is 0 Å². The van der Waals surface area contributed by atoms with Crippen LogP contribution in [0.15, 0.2) is 24.3 Å². The molecule has 2 N–H and O–H groups in total. The van der Waals surface area contributed by atoms with E-state index in [9.17, 15) is 9.59 Å². The molecule has 0 heterocycles. The summed E-state index contributed by atoms with van der Waals surface area (Å²) in [7, 11) is 1.53. The third-order valence-electron chi connectivity index (χ3n) is 2.73. The summed E-state index contributed by atoms with van der Waals surface area (Å²) in [4.78, 5) is 22.8. The van der Waals surface area contributed by atoms with Crippen LogP contribution in [-0.4, -0.2) is 30.1 Å². The van der Waals surface area contributed by atoms with Crippen LogP contribution in [-0.2, 0) is 4.79 Å². The fraction of sp³-hybridized carbons (Fsp3) is 0.429. The summed E-state index contributed by atoms with van der Waals surface area (Å²) in [6, 6.07) is 6.42. The summed E-state index contributed by atoms with van der Waals surface area (Å²) < 4.78 is 5.05. The lowest BCUT2D eigenvalue weighted by atomic mass is 10.1. The van der Waals surface area contributed by atoms with Crippen molar-refractivity contribution in [1.82, 2.24) is 5.32 Å². The summed E-state index contributed by atoms with van der Waals surface area (Å²) in [6.07, 6.45) is 1.39. The second kappa shape index (κ2) is 7.41. The number of aliphatic carboxylic acids is 1. The maximum absolute atomic E-state index is 12.0. The van der Waals surface area contributed by atoms with Crippen molar-refractivity contribution >= 4 is 11.9 Å². The molecule has 1 aromatic rings. The average Bonchev–Trinajstić information content (AvgIpc) is 2.38. The van der Waals surface area contributed by atoms with Gasteiger partial charge in [0, 0.05) is 11.6 Å². The first-order valence-corrected chi connectivity index (χ1v) is 6.23. The van der Waals surface area contributed by atoms with Gasteiger partial charge in [0.25, 0.3) is 5.91 Å². The number of hydrogen-bond acceptors (Lipinski definition) is 3. The number of carboxylic acids is 1. The number of carbonyl (C=O) groups is 2. The van der Waals surface area contributed by atoms with E-state index in [1.54, 1.807) is 24.3 Å². The van der Waals surface area contributed by atoms with Crippen LogP contribution in [0.3, 0.4) is 0 Å². The molecule has 1 atom stereocenters. The minimum atomic E-state index is -0.913. The van der Waals surface area contributed by atoms with Crippen molar-refractivity contribution in [3.8, 4) is 5.75 Å². The largest absolute Gasteiger partial charge is 0.497 e. The van der Waals surface area contributed by atoms with E-state index in [0.29, 0.717) is 17.7 Å². The molecule has 5 nitrogen and oxygen atoms in total. The fourth-order valence-electron chi connectivity index (χ4n) is 1.82. The van der Waals surface area contributed by atoms with Gasteiger partial charge in [0.2, 0.25) is 0 Å². The number of methoxy groups -OCH3 is 1. The molecule has 19 heavy (non-hydrogen) atoms. The Morgan fingerprint density at radius 2 is 2.16 bits per heavy atom. The summed E-state index contributed by atoms with van der Waals surface area (Å²) in [6.45, 7) is 1.95. The molecular formula is C14H19NO4. The monoisotopic (exact) mass is 265 g/mol. The Hall–Kier alpha value is -2.04. The number of benzene rings is 1. The molecule has 0 aromatic heterocycles. The zero-order chi connectivity index (χ0) is 14.3. The molecule has 0 bridgehead atoms. The van der Waals surface area contributed by atoms with Crippen LogP contribution < -0.4 is 10.1 Å². The molecule has 0 saturated carbocycles. The van der Waals surface area contributed by atoms with Crippen molar-refractivity contribution in [2.45, 2.75) is 32.2 Å². The van der Waals surface area contributed by atoms with Gasteiger partial charge in [-0.3, -0.25) is 9.59 Å². The van der Waals surface area contributed by atoms with E-state index in [1.165, 1.54) is 7.11 Å². The molecule has 0 aliphatic carbocycles. The Morgan fingerprint density at radius 3 is 2.74 bits per heavy atom. The maximum atomic E-state index is 12.0. The molecule has 0 spiro atoms. The van der Waals surface area contributed by atoms with Crippen LogP contribution in [0.25, 0.3) is 0 Å². The van der Waals surface area contributed by atoms with Crippen molar-refractivity contribution in [2.24, 2.45) is 0 Å². The first-order chi connectivity index (χ1) is 9.06. The third kappa shape index (κ3) is 4.99. The van der Waals surface area contributed by atoms with Crippen LogP contribution in [0.5, 0.6) is 5.75 Å². The van der Waals surface area contributed by atoms with Gasteiger partial charge in [0.1, 0.15) is 5.75 Å². The Bertz CT molecular complexity index is 445. The SMILES string of the molecule is CCCC(CC(=O)O)NC(=O)c1cccc(OC)c1. The highest BCUT2D eigenvalue weighted by atomic mass is 16.5. The van der Waals surface area contributed by atoms with Gasteiger partial charge in [-0.15, -0.1) is 0 Å². The second-order valence-electron chi connectivity index (χ2n) is 4.29. The number of amides is 1. The Labute approximate surface area is 112 Å². The van der Waals surface area contributed by atoms with Crippen molar-refractivity contribution in [2.75, 3.05) is 7.11 Å². The van der Waals surface area contributed by atoms with Crippen molar-refractivity contribution < 1.29 is 19.4 Å². The first-order valence-electron chi connectivity index (χ1n) is 6.23. The molecule has 1 aromatic carbocycles. The quantitative estimate of drug-likeness (QED) is 0.791. The highest BCUT2D eigenvalue weighted by Crippen LogP contribution is 2.13. The molecule has 1 rings (SSSR count). The van der Waals surface area contributed by atoms with Gasteiger partial charge in [0.15, 0.2) is 0 Å². The fourth-order valence-corrected chi connectivity index (χ4v) is 1.82. The standard InChI is InChI=1S/C14H19NO4/c1-3-5-11(9-13(16)17)15-14(18)10-6-4-7-12(8-10)19-2/h4,6-8,11H,3,5,9H2,1-2H3,(H,15,18)(H,16,17). The lowest BCUT2D eigenvalue weighted by Gasteiger charge is -2.16. The van der Waals surface area contributed by atoms with E-state index in [4.69, 9.17) is 9.84 Å². The smallest absolute Gasteiger partial charge is 0.305 e. The van der Waals surface area contributed by atoms with E-state index >= 15 is 0 Å². The lowest BCUT2D eigenvalue weighted by Crippen LogP contribution is -2.36. The van der Waals surface area contributed by atoms with Gasteiger partial charge >= 0.3 is 5.97 Å². The van der Waals surface area contributed by atoms with Crippen molar-refractivity contribution in [3.63, 3.8) is 0 Å². The minimum Gasteiger partial charge on any atom is -0.497 e. The van der Waals surface area contributed by atoms with Gasteiger partial charge in [-0.05, 0) is 24.6 Å². The number of carboxylic acid groups (broad SMARTS) is 1. The predicted octanol–water partition coefficient (Wildman–Crippen LogP) is 2.07. The highest BCUT2D eigenvalue weighted by Gasteiger charge is 2.16. The number of hydrogen-bond donors (Lipinski definition) is 2. The molecular weight excluding hydrogens is 246 g/mol. The summed E-state index contributed by atoms with van der Waals surface area (Å²) in [5.41, 5.74) is 0.464. The highest BCUT2D eigenvalue weighted by molar-refractivity contribution is 5.95. The number of ether oxygens (including phenoxy) is 1. The van der Waals surface area contributed by atoms with Crippen LogP contribution in [0, 0.1) is 0 Å². The van der Waals surface area contributed by atoms with Crippen molar-refractivity contribution in [1.29, 1.82) is 0 Å². The normalized spacial score (nSPS) is 11.7. The van der Waals surface area contributed by atoms with E-state index in [1.807, 2.05) is 6.92 Å². The third-order valence-corrected chi connectivity index (χ3v) is 2.73. The molecule has 1 unspecified atom stereocenters. The molecule has 0 radical (unpaired) electrons. The second-order valence-corrected chi connectivity index (χ2v) is 4.29. The van der Waals surface area contributed by atoms with E-state index in [2.05, 4.69) is 5.32 Å². The van der Waals surface area contributed by atoms with E-state index < -0.39 is 5.97 Å². The number of carbonyl (C=O) groups excluding carboxylic acids is 1. The molecule has 104 valence electrons. The number of rotatable bonds is 7. The average molecular weight is 265 g/mol. The minimum absolute atomic E-state index is 0.0659. The zero-order valence-corrected chi connectivity index (χ0v) is 11.2. The van der Waals surface area contributed by atoms with Crippen LogP contribution in [0.4, 0.5) is 0 Å². The van der Waals surface area contributed by atoms with Gasteiger partial charge in [0.05, 0.1) is 13.5 Å². The maximum Gasteiger partial charge on any atom is 0.305 e. The summed E-state index contributed by atoms with van der Waals surface area (Å²) in [5, 5.41) is 11.5. The Morgan fingerprint density at radius 1 is 1.42 bits per heavy atom. The summed E-state index contributed by atoms with van der Waals surface area (Å²) >= 11 is 0. The van der Waals surface area contributed by atoms with E-state index in [-0.39, 0.29) is 18.4 Å². The summed E-state index contributed by atoms with van der Waals surface area (Å²) in [5.74, 6) is -0.596. The lowest BCUT2D eigenvalue weighted by molar-refractivity contribution is -0.137. The topological polar surface area (TPSA) is 75.6 Å². The Kier molecular flexibility index (Phi) is 5.85. The van der Waals surface area contributed by atoms with Crippen LogP contribution in [0.1, 0.15) is 36.5 Å².